The van der Waals surface area contributed by atoms with E-state index in [1.165, 1.54) is 6.07 Å². The fraction of sp³-hybridized carbons (Fsp3) is 0.0588. The van der Waals surface area contributed by atoms with Crippen molar-refractivity contribution >= 4 is 27.7 Å². The Morgan fingerprint density at radius 2 is 1.61 bits per heavy atom. The molecular formula is C17H15NO4S. The largest absolute Gasteiger partial charge is 0.504 e. The monoisotopic (exact) mass is 329 g/mol. The molecule has 0 unspecified atom stereocenters. The van der Waals surface area contributed by atoms with Gasteiger partial charge in [-0.3, -0.25) is 8.91 Å². The number of nitrogens with one attached hydrogen (secondary N) is 1. The number of benzene rings is 3. The second-order valence-electron chi connectivity index (χ2n) is 4.92. The van der Waals surface area contributed by atoms with Crippen molar-refractivity contribution in [1.82, 2.24) is 0 Å². The first-order chi connectivity index (χ1) is 11.1. The third-order valence-corrected chi connectivity index (χ3v) is 4.08. The smallest absolute Gasteiger partial charge is 0.262 e. The third kappa shape index (κ3) is 3.44. The Morgan fingerprint density at radius 1 is 0.957 bits per heavy atom. The Bertz CT molecular complexity index is 852. The summed E-state index contributed by atoms with van der Waals surface area (Å²) in [4.78, 5) is 0. The summed E-state index contributed by atoms with van der Waals surface area (Å²) in [5, 5.41) is 20.8. The van der Waals surface area contributed by atoms with Gasteiger partial charge in [-0.05, 0) is 5.56 Å². The fourth-order valence-corrected chi connectivity index (χ4v) is 2.90. The van der Waals surface area contributed by atoms with Gasteiger partial charge in [0, 0.05) is 16.8 Å². The summed E-state index contributed by atoms with van der Waals surface area (Å²) in [5.74, 6) is -0.492. The molecule has 118 valence electrons. The minimum atomic E-state index is -1.79. The quantitative estimate of drug-likeness (QED) is 0.495. The van der Waals surface area contributed by atoms with E-state index >= 15 is 0 Å². The van der Waals surface area contributed by atoms with Crippen LogP contribution in [0.25, 0.3) is 10.8 Å². The van der Waals surface area contributed by atoms with Crippen molar-refractivity contribution in [2.75, 3.05) is 4.72 Å². The molecule has 0 aliphatic rings. The van der Waals surface area contributed by atoms with Crippen LogP contribution in [0.15, 0.2) is 60.7 Å². The van der Waals surface area contributed by atoms with Gasteiger partial charge in [0.25, 0.3) is 11.3 Å². The van der Waals surface area contributed by atoms with Crippen molar-refractivity contribution in [1.29, 1.82) is 0 Å². The van der Waals surface area contributed by atoms with Gasteiger partial charge >= 0.3 is 0 Å². The molecule has 0 aromatic heterocycles. The molecule has 0 saturated carbocycles. The predicted octanol–water partition coefficient (Wildman–Crippen LogP) is 3.46. The normalized spacial score (nSPS) is 12.2. The predicted molar refractivity (Wildman–Crippen MR) is 90.3 cm³/mol. The highest BCUT2D eigenvalue weighted by molar-refractivity contribution is 7.81. The lowest BCUT2D eigenvalue weighted by Crippen LogP contribution is -2.08. The van der Waals surface area contributed by atoms with E-state index in [1.54, 1.807) is 24.3 Å². The standard InChI is InChI=1S/C17H15NO4S/c19-16-10-15(13-8-4-5-9-14(13)17(16)20)18-23(21)22-11-12-6-2-1-3-7-12/h1-10,18-20H,11H2/t23-/m1/s1. The van der Waals surface area contributed by atoms with E-state index < -0.39 is 11.3 Å². The number of phenolic OH excluding ortho intramolecular Hbond substituents is 2. The molecular weight excluding hydrogens is 314 g/mol. The van der Waals surface area contributed by atoms with Crippen LogP contribution >= 0.6 is 0 Å². The summed E-state index contributed by atoms with van der Waals surface area (Å²) in [7, 11) is 0. The molecule has 0 spiro atoms. The second kappa shape index (κ2) is 6.68. The van der Waals surface area contributed by atoms with Crippen molar-refractivity contribution in [3.63, 3.8) is 0 Å². The van der Waals surface area contributed by atoms with E-state index in [2.05, 4.69) is 4.72 Å². The molecule has 3 aromatic rings. The maximum atomic E-state index is 12.1. The molecule has 3 aromatic carbocycles. The van der Waals surface area contributed by atoms with E-state index in [9.17, 15) is 14.4 Å². The van der Waals surface area contributed by atoms with Gasteiger partial charge in [-0.2, -0.15) is 0 Å². The van der Waals surface area contributed by atoms with Crippen LogP contribution in [-0.4, -0.2) is 14.4 Å². The number of hydrogen-bond donors (Lipinski definition) is 3. The van der Waals surface area contributed by atoms with Crippen LogP contribution in [0.4, 0.5) is 5.69 Å². The van der Waals surface area contributed by atoms with Crippen LogP contribution in [-0.2, 0) is 22.1 Å². The van der Waals surface area contributed by atoms with Crippen molar-refractivity contribution in [2.45, 2.75) is 6.61 Å². The van der Waals surface area contributed by atoms with Gasteiger partial charge < -0.3 is 10.2 Å². The van der Waals surface area contributed by atoms with Gasteiger partial charge in [-0.25, -0.2) is 4.21 Å². The van der Waals surface area contributed by atoms with Gasteiger partial charge in [0.2, 0.25) is 0 Å². The average molecular weight is 329 g/mol. The molecule has 3 rings (SSSR count). The summed E-state index contributed by atoms with van der Waals surface area (Å²) in [6.45, 7) is 0.197. The van der Waals surface area contributed by atoms with Gasteiger partial charge in [0.05, 0.1) is 12.3 Å². The Morgan fingerprint density at radius 3 is 2.35 bits per heavy atom. The molecule has 0 aliphatic heterocycles. The van der Waals surface area contributed by atoms with Crippen molar-refractivity contribution in [3.05, 3.63) is 66.2 Å². The molecule has 0 heterocycles. The van der Waals surface area contributed by atoms with Crippen molar-refractivity contribution in [3.8, 4) is 11.5 Å². The fourth-order valence-electron chi connectivity index (χ4n) is 2.24. The second-order valence-corrected chi connectivity index (χ2v) is 5.83. The SMILES string of the molecule is O=[S@@](Nc1cc(O)c(O)c2ccccc12)OCc1ccccc1. The molecule has 5 nitrogen and oxygen atoms in total. The van der Waals surface area contributed by atoms with Crippen LogP contribution in [0.2, 0.25) is 0 Å². The zero-order valence-electron chi connectivity index (χ0n) is 12.1. The topological polar surface area (TPSA) is 78.8 Å². The molecule has 0 aliphatic carbocycles. The summed E-state index contributed by atoms with van der Waals surface area (Å²) in [6.07, 6.45) is 0. The minimum Gasteiger partial charge on any atom is -0.504 e. The Kier molecular flexibility index (Phi) is 4.45. The molecule has 0 radical (unpaired) electrons. The molecule has 6 heteroatoms. The minimum absolute atomic E-state index is 0.197. The van der Waals surface area contributed by atoms with Crippen LogP contribution in [0.1, 0.15) is 5.56 Å². The Labute approximate surface area is 136 Å². The number of phenols is 2. The van der Waals surface area contributed by atoms with Crippen LogP contribution in [0.5, 0.6) is 11.5 Å². The maximum absolute atomic E-state index is 12.1. The highest BCUT2D eigenvalue weighted by atomic mass is 32.2. The lowest BCUT2D eigenvalue weighted by molar-refractivity contribution is 0.340. The van der Waals surface area contributed by atoms with Gasteiger partial charge in [-0.15, -0.1) is 0 Å². The van der Waals surface area contributed by atoms with E-state index in [1.807, 2.05) is 30.3 Å². The highest BCUT2D eigenvalue weighted by Crippen LogP contribution is 2.38. The summed E-state index contributed by atoms with van der Waals surface area (Å²) in [6, 6.07) is 17.7. The van der Waals surface area contributed by atoms with E-state index in [-0.39, 0.29) is 18.1 Å². The van der Waals surface area contributed by atoms with Gasteiger partial charge in [-0.1, -0.05) is 54.6 Å². The summed E-state index contributed by atoms with van der Waals surface area (Å²) in [5.41, 5.74) is 1.32. The molecule has 1 atom stereocenters. The molecule has 23 heavy (non-hydrogen) atoms. The van der Waals surface area contributed by atoms with Crippen molar-refractivity contribution < 1.29 is 18.6 Å². The first-order valence-electron chi connectivity index (χ1n) is 6.94. The first kappa shape index (κ1) is 15.3. The van der Waals surface area contributed by atoms with Crippen LogP contribution in [0.3, 0.4) is 0 Å². The van der Waals surface area contributed by atoms with Crippen molar-refractivity contribution in [2.24, 2.45) is 0 Å². The number of fused-ring (bicyclic) bond motifs is 1. The van der Waals surface area contributed by atoms with E-state index in [0.29, 0.717) is 16.5 Å². The van der Waals surface area contributed by atoms with Gasteiger partial charge in [0.1, 0.15) is 0 Å². The molecule has 0 saturated heterocycles. The average Bonchev–Trinajstić information content (AvgIpc) is 2.58. The number of anilines is 1. The third-order valence-electron chi connectivity index (χ3n) is 3.36. The van der Waals surface area contributed by atoms with Crippen LogP contribution < -0.4 is 4.72 Å². The molecule has 0 bridgehead atoms. The summed E-state index contributed by atoms with van der Waals surface area (Å²) < 4.78 is 20.0. The highest BCUT2D eigenvalue weighted by Gasteiger charge is 2.12. The lowest BCUT2D eigenvalue weighted by atomic mass is 10.1. The van der Waals surface area contributed by atoms with E-state index in [4.69, 9.17) is 4.18 Å². The van der Waals surface area contributed by atoms with Gasteiger partial charge in [0.15, 0.2) is 11.5 Å². The van der Waals surface area contributed by atoms with Crippen LogP contribution in [0, 0.1) is 0 Å². The first-order valence-corrected chi connectivity index (χ1v) is 8.02. The molecule has 3 N–H and O–H groups in total. The summed E-state index contributed by atoms with van der Waals surface area (Å²) >= 11 is -1.79. The maximum Gasteiger partial charge on any atom is 0.262 e. The number of aromatic hydroxyl groups is 2. The Balaban J connectivity index is 1.79. The number of hydrogen-bond acceptors (Lipinski definition) is 4. The Hall–Kier alpha value is -2.57. The zero-order chi connectivity index (χ0) is 16.2. The molecule has 0 amide bonds. The number of rotatable bonds is 5. The zero-order valence-corrected chi connectivity index (χ0v) is 12.9. The lowest BCUT2D eigenvalue weighted by Gasteiger charge is -2.11. The van der Waals surface area contributed by atoms with E-state index in [0.717, 1.165) is 5.56 Å². The molecule has 0 fully saturated rings.